The van der Waals surface area contributed by atoms with Crippen LogP contribution in [0.4, 0.5) is 17.5 Å². The number of aromatic nitrogens is 6. The van der Waals surface area contributed by atoms with Crippen LogP contribution in [-0.2, 0) is 14.1 Å². The molecule has 0 unspecified atom stereocenters. The highest BCUT2D eigenvalue weighted by atomic mass is 16.1. The molecule has 0 saturated heterocycles. The van der Waals surface area contributed by atoms with Gasteiger partial charge in [0.2, 0.25) is 5.95 Å². The summed E-state index contributed by atoms with van der Waals surface area (Å²) in [5.74, 6) is 0.632. The minimum atomic E-state index is -0.633. The van der Waals surface area contributed by atoms with Gasteiger partial charge >= 0.3 is 0 Å². The fourth-order valence-electron chi connectivity index (χ4n) is 2.32. The maximum absolute atomic E-state index is 11.6. The lowest BCUT2D eigenvalue weighted by molar-refractivity contribution is 0.0995. The maximum atomic E-state index is 11.6. The minimum Gasteiger partial charge on any atom is -0.368 e. The van der Waals surface area contributed by atoms with Gasteiger partial charge in [-0.25, -0.2) is 4.98 Å². The molecule has 10 heteroatoms. The summed E-state index contributed by atoms with van der Waals surface area (Å²) in [5.41, 5.74) is 13.7. The molecular weight excluding hydrogens is 298 g/mol. The molecule has 3 heterocycles. The summed E-state index contributed by atoms with van der Waals surface area (Å²) in [6.07, 6.45) is 0. The van der Waals surface area contributed by atoms with Gasteiger partial charge in [-0.15, -0.1) is 0 Å². The van der Waals surface area contributed by atoms with Crippen molar-refractivity contribution in [3.8, 4) is 0 Å². The number of fused-ring (bicyclic) bond motifs is 1. The van der Waals surface area contributed by atoms with E-state index in [1.54, 1.807) is 11.7 Å². The van der Waals surface area contributed by atoms with Gasteiger partial charge in [0.1, 0.15) is 5.82 Å². The van der Waals surface area contributed by atoms with E-state index < -0.39 is 5.91 Å². The van der Waals surface area contributed by atoms with Crippen molar-refractivity contribution in [1.82, 2.24) is 29.3 Å². The van der Waals surface area contributed by atoms with Crippen LogP contribution < -0.4 is 16.8 Å². The van der Waals surface area contributed by atoms with Crippen LogP contribution in [0.1, 0.15) is 22.0 Å². The molecule has 120 valence electrons. The van der Waals surface area contributed by atoms with Crippen molar-refractivity contribution >= 4 is 34.5 Å². The standard InChI is InChI=1S/C13H17N9O/c1-5-7(8(10(14)23)20-22(5)4)17-11-9-12(19-13(15)18-11)21(3)6(2)16-9/h1-4H3,(H2,14,23)(H3,15,17,18,19). The quantitative estimate of drug-likeness (QED) is 0.623. The number of anilines is 3. The van der Waals surface area contributed by atoms with E-state index in [-0.39, 0.29) is 11.6 Å². The molecule has 0 aliphatic heterocycles. The number of carbonyl (C=O) groups excluding carboxylic acids is 1. The largest absolute Gasteiger partial charge is 0.368 e. The molecule has 0 bridgehead atoms. The van der Waals surface area contributed by atoms with Crippen molar-refractivity contribution in [3.05, 3.63) is 17.2 Å². The SMILES string of the molecule is Cc1c(Nc2nc(N)nc3c2nc(C)n3C)c(C(N)=O)nn1C. The number of nitrogens with one attached hydrogen (secondary N) is 1. The molecule has 5 N–H and O–H groups in total. The molecule has 23 heavy (non-hydrogen) atoms. The maximum Gasteiger partial charge on any atom is 0.271 e. The number of aryl methyl sites for hydroxylation is 3. The molecule has 0 saturated carbocycles. The number of nitrogens with two attached hydrogens (primary N) is 2. The number of amides is 1. The second-order valence-electron chi connectivity index (χ2n) is 5.24. The number of nitrogen functional groups attached to an aromatic ring is 1. The van der Waals surface area contributed by atoms with Gasteiger partial charge < -0.3 is 21.4 Å². The summed E-state index contributed by atoms with van der Waals surface area (Å²) in [7, 11) is 3.56. The lowest BCUT2D eigenvalue weighted by Crippen LogP contribution is -2.14. The van der Waals surface area contributed by atoms with E-state index in [9.17, 15) is 4.79 Å². The molecule has 3 rings (SSSR count). The van der Waals surface area contributed by atoms with E-state index in [0.29, 0.717) is 22.7 Å². The van der Waals surface area contributed by atoms with Crippen LogP contribution in [-0.4, -0.2) is 35.2 Å². The molecule has 0 aliphatic carbocycles. The number of nitrogens with zero attached hydrogens (tertiary/aromatic N) is 6. The molecule has 1 amide bonds. The Hall–Kier alpha value is -3.17. The van der Waals surface area contributed by atoms with Gasteiger partial charge in [-0.1, -0.05) is 0 Å². The zero-order valence-electron chi connectivity index (χ0n) is 13.2. The normalized spacial score (nSPS) is 11.1. The second kappa shape index (κ2) is 4.93. The Morgan fingerprint density at radius 1 is 1.17 bits per heavy atom. The molecule has 10 nitrogen and oxygen atoms in total. The summed E-state index contributed by atoms with van der Waals surface area (Å²) in [6, 6.07) is 0. The van der Waals surface area contributed by atoms with Crippen molar-refractivity contribution in [2.45, 2.75) is 13.8 Å². The lowest BCUT2D eigenvalue weighted by Gasteiger charge is -2.07. The van der Waals surface area contributed by atoms with Crippen LogP contribution in [0, 0.1) is 13.8 Å². The van der Waals surface area contributed by atoms with Gasteiger partial charge in [-0.2, -0.15) is 15.1 Å². The first-order chi connectivity index (χ1) is 10.8. The molecule has 0 aromatic carbocycles. The van der Waals surface area contributed by atoms with Gasteiger partial charge in [0.15, 0.2) is 22.7 Å². The average Bonchev–Trinajstić information content (AvgIpc) is 2.92. The first kappa shape index (κ1) is 14.8. The Morgan fingerprint density at radius 2 is 1.87 bits per heavy atom. The van der Waals surface area contributed by atoms with Crippen LogP contribution in [0.5, 0.6) is 0 Å². The molecule has 3 aromatic heterocycles. The fraction of sp³-hybridized carbons (Fsp3) is 0.308. The second-order valence-corrected chi connectivity index (χ2v) is 5.24. The summed E-state index contributed by atoms with van der Waals surface area (Å²) in [5, 5.41) is 7.19. The molecular formula is C13H17N9O. The topological polar surface area (TPSA) is 143 Å². The van der Waals surface area contributed by atoms with Gasteiger partial charge in [0, 0.05) is 14.1 Å². The van der Waals surface area contributed by atoms with Gasteiger partial charge in [0.25, 0.3) is 5.91 Å². The highest BCUT2D eigenvalue weighted by Gasteiger charge is 2.20. The highest BCUT2D eigenvalue weighted by molar-refractivity contribution is 5.99. The zero-order valence-corrected chi connectivity index (χ0v) is 13.2. The highest BCUT2D eigenvalue weighted by Crippen LogP contribution is 2.28. The minimum absolute atomic E-state index is 0.102. The molecule has 0 spiro atoms. The number of hydrogen-bond donors (Lipinski definition) is 3. The monoisotopic (exact) mass is 315 g/mol. The molecule has 0 radical (unpaired) electrons. The molecule has 0 fully saturated rings. The number of imidazole rings is 1. The van der Waals surface area contributed by atoms with E-state index in [0.717, 1.165) is 11.5 Å². The Bertz CT molecular complexity index is 937. The van der Waals surface area contributed by atoms with Gasteiger partial charge in [-0.05, 0) is 13.8 Å². The van der Waals surface area contributed by atoms with Crippen LogP contribution >= 0.6 is 0 Å². The average molecular weight is 315 g/mol. The van der Waals surface area contributed by atoms with Gasteiger partial charge in [0.05, 0.1) is 11.4 Å². The Balaban J connectivity index is 2.20. The van der Waals surface area contributed by atoms with Crippen LogP contribution in [0.15, 0.2) is 0 Å². The van der Waals surface area contributed by atoms with Crippen molar-refractivity contribution < 1.29 is 4.79 Å². The Morgan fingerprint density at radius 3 is 2.52 bits per heavy atom. The van der Waals surface area contributed by atoms with E-state index in [2.05, 4.69) is 25.4 Å². The Kier molecular flexibility index (Phi) is 3.17. The zero-order chi connectivity index (χ0) is 16.9. The van der Waals surface area contributed by atoms with Gasteiger partial charge in [-0.3, -0.25) is 9.48 Å². The lowest BCUT2D eigenvalue weighted by atomic mass is 10.3. The fourth-order valence-corrected chi connectivity index (χ4v) is 2.32. The molecule has 3 aromatic rings. The van der Waals surface area contributed by atoms with E-state index in [4.69, 9.17) is 11.5 Å². The van der Waals surface area contributed by atoms with Crippen LogP contribution in [0.3, 0.4) is 0 Å². The number of primary amides is 1. The number of hydrogen-bond acceptors (Lipinski definition) is 7. The first-order valence-electron chi connectivity index (χ1n) is 6.86. The van der Waals surface area contributed by atoms with Crippen LogP contribution in [0.25, 0.3) is 11.2 Å². The van der Waals surface area contributed by atoms with E-state index >= 15 is 0 Å². The summed E-state index contributed by atoms with van der Waals surface area (Å²) in [6.45, 7) is 3.67. The van der Waals surface area contributed by atoms with E-state index in [1.165, 1.54) is 0 Å². The summed E-state index contributed by atoms with van der Waals surface area (Å²) < 4.78 is 3.37. The predicted molar refractivity (Wildman–Crippen MR) is 85.2 cm³/mol. The smallest absolute Gasteiger partial charge is 0.271 e. The third-order valence-corrected chi connectivity index (χ3v) is 3.77. The third kappa shape index (κ3) is 2.24. The number of rotatable bonds is 3. The van der Waals surface area contributed by atoms with E-state index in [1.807, 2.05) is 25.5 Å². The van der Waals surface area contributed by atoms with Crippen LogP contribution in [0.2, 0.25) is 0 Å². The van der Waals surface area contributed by atoms with Crippen molar-refractivity contribution in [2.24, 2.45) is 19.8 Å². The summed E-state index contributed by atoms with van der Waals surface area (Å²) >= 11 is 0. The first-order valence-corrected chi connectivity index (χ1v) is 6.86. The molecule has 0 aliphatic rings. The van der Waals surface area contributed by atoms with Crippen molar-refractivity contribution in [1.29, 1.82) is 0 Å². The predicted octanol–water partition coefficient (Wildman–Crippen LogP) is 0.138. The summed E-state index contributed by atoms with van der Waals surface area (Å²) in [4.78, 5) is 24.4. The Labute approximate surface area is 131 Å². The number of carbonyl (C=O) groups is 1. The van der Waals surface area contributed by atoms with Crippen molar-refractivity contribution in [2.75, 3.05) is 11.1 Å². The molecule has 0 atom stereocenters. The van der Waals surface area contributed by atoms with Crippen molar-refractivity contribution in [3.63, 3.8) is 0 Å². The third-order valence-electron chi connectivity index (χ3n) is 3.77.